The Bertz CT molecular complexity index is 1350. The smallest absolute Gasteiger partial charge is 0.232 e. The molecule has 0 atom stereocenters. The summed E-state index contributed by atoms with van der Waals surface area (Å²) < 4.78 is 42.4. The van der Waals surface area contributed by atoms with Crippen molar-refractivity contribution in [2.45, 2.75) is 42.6 Å². The number of ether oxygens (including phenoxy) is 3. The Kier molecular flexibility index (Phi) is 8.34. The van der Waals surface area contributed by atoms with Crippen molar-refractivity contribution in [3.05, 3.63) is 48.8 Å². The van der Waals surface area contributed by atoms with Crippen LogP contribution in [0.2, 0.25) is 0 Å². The Morgan fingerprint density at radius 1 is 0.921 bits per heavy atom. The molecule has 2 heterocycles. The molecule has 1 aliphatic heterocycles. The van der Waals surface area contributed by atoms with Gasteiger partial charge in [-0.1, -0.05) is 12.1 Å². The molecule has 12 heteroatoms. The first-order valence-corrected chi connectivity index (χ1v) is 13.9. The van der Waals surface area contributed by atoms with Crippen molar-refractivity contribution in [2.75, 3.05) is 50.0 Å². The number of para-hydroxylation sites is 1. The molecule has 0 spiro atoms. The van der Waals surface area contributed by atoms with E-state index in [9.17, 15) is 8.42 Å². The largest absolute Gasteiger partial charge is 0.494 e. The first-order chi connectivity index (χ1) is 18.2. The van der Waals surface area contributed by atoms with Crippen LogP contribution in [-0.2, 0) is 19.3 Å². The topological polar surface area (TPSA) is 128 Å². The summed E-state index contributed by atoms with van der Waals surface area (Å²) in [6.45, 7) is 4.86. The minimum Gasteiger partial charge on any atom is -0.494 e. The summed E-state index contributed by atoms with van der Waals surface area (Å²) in [5, 5.41) is 5.62. The van der Waals surface area contributed by atoms with E-state index in [0.717, 1.165) is 31.6 Å². The molecule has 3 aromatic rings. The number of aromatic nitrogens is 3. The van der Waals surface area contributed by atoms with Gasteiger partial charge in [-0.15, -0.1) is 0 Å². The number of benzene rings is 2. The van der Waals surface area contributed by atoms with Crippen LogP contribution in [0.5, 0.6) is 5.75 Å². The van der Waals surface area contributed by atoms with E-state index in [2.05, 4.69) is 30.5 Å². The van der Waals surface area contributed by atoms with E-state index in [1.165, 1.54) is 6.33 Å². The van der Waals surface area contributed by atoms with Crippen LogP contribution in [0, 0.1) is 0 Å². The molecule has 2 N–H and O–H groups in total. The molecule has 204 valence electrons. The Balaban J connectivity index is 1.51. The third-order valence-corrected chi connectivity index (χ3v) is 8.91. The first kappa shape index (κ1) is 27.6. The van der Waals surface area contributed by atoms with Gasteiger partial charge in [0, 0.05) is 51.9 Å². The summed E-state index contributed by atoms with van der Waals surface area (Å²) in [7, 11) is 1.46. The number of piperidine rings is 1. The van der Waals surface area contributed by atoms with Gasteiger partial charge in [0.2, 0.25) is 11.9 Å². The van der Waals surface area contributed by atoms with Crippen molar-refractivity contribution in [3.63, 3.8) is 0 Å². The molecule has 0 unspecified atom stereocenters. The molecule has 2 aromatic carbocycles. The van der Waals surface area contributed by atoms with Crippen LogP contribution >= 0.6 is 0 Å². The van der Waals surface area contributed by atoms with Gasteiger partial charge >= 0.3 is 0 Å². The van der Waals surface area contributed by atoms with Gasteiger partial charge in [0.25, 0.3) is 0 Å². The van der Waals surface area contributed by atoms with Crippen LogP contribution in [0.15, 0.2) is 53.7 Å². The molecule has 1 saturated heterocycles. The lowest BCUT2D eigenvalue weighted by molar-refractivity contribution is -0.216. The third-order valence-electron chi connectivity index (χ3n) is 6.70. The zero-order valence-electron chi connectivity index (χ0n) is 22.3. The van der Waals surface area contributed by atoms with Crippen LogP contribution < -0.4 is 20.3 Å². The monoisotopic (exact) mass is 542 g/mol. The number of sulfone groups is 1. The molecule has 11 nitrogen and oxygen atoms in total. The van der Waals surface area contributed by atoms with Crippen molar-refractivity contribution in [1.82, 2.24) is 15.0 Å². The van der Waals surface area contributed by atoms with Gasteiger partial charge in [-0.05, 0) is 38.1 Å². The molecule has 4 rings (SSSR count). The predicted octanol–water partition coefficient (Wildman–Crippen LogP) is 4.14. The lowest BCUT2D eigenvalue weighted by atomic mass is 10.0. The number of nitrogens with zero attached hydrogens (tertiary/aromatic N) is 4. The zero-order chi connectivity index (χ0) is 27.3. The second-order valence-electron chi connectivity index (χ2n) is 9.16. The second-order valence-corrected chi connectivity index (χ2v) is 11.6. The van der Waals surface area contributed by atoms with Crippen molar-refractivity contribution in [3.8, 4) is 5.75 Å². The van der Waals surface area contributed by atoms with E-state index in [-0.39, 0.29) is 16.8 Å². The van der Waals surface area contributed by atoms with Crippen molar-refractivity contribution < 1.29 is 22.6 Å². The average Bonchev–Trinajstić information content (AvgIpc) is 2.93. The molecular formula is C26H34N6O5S. The third kappa shape index (κ3) is 5.82. The SMILES string of the molecule is COc1cc(N2CCC(OC)(OC)CC2)ccc1Nc1ncnc(Nc2ccccc2S(=O)(=O)C(C)C)n1. The van der Waals surface area contributed by atoms with E-state index >= 15 is 0 Å². The predicted molar refractivity (Wildman–Crippen MR) is 146 cm³/mol. The van der Waals surface area contributed by atoms with Crippen LogP contribution in [0.4, 0.5) is 29.0 Å². The average molecular weight is 543 g/mol. The van der Waals surface area contributed by atoms with Crippen molar-refractivity contribution >= 4 is 38.8 Å². The quantitative estimate of drug-likeness (QED) is 0.359. The highest BCUT2D eigenvalue weighted by molar-refractivity contribution is 7.92. The Morgan fingerprint density at radius 3 is 2.16 bits per heavy atom. The van der Waals surface area contributed by atoms with Gasteiger partial charge in [-0.2, -0.15) is 4.98 Å². The molecule has 0 saturated carbocycles. The number of anilines is 5. The molecule has 1 aliphatic rings. The molecule has 1 aromatic heterocycles. The summed E-state index contributed by atoms with van der Waals surface area (Å²) >= 11 is 0. The summed E-state index contributed by atoms with van der Waals surface area (Å²) in [6.07, 6.45) is 2.86. The van der Waals surface area contributed by atoms with Gasteiger partial charge in [-0.3, -0.25) is 0 Å². The Hall–Kier alpha value is -3.48. The summed E-state index contributed by atoms with van der Waals surface area (Å²) in [5.74, 6) is 0.575. The molecule has 0 amide bonds. The number of hydrogen-bond donors (Lipinski definition) is 2. The fourth-order valence-corrected chi connectivity index (χ4v) is 5.51. The number of rotatable bonds is 10. The molecule has 0 aliphatic carbocycles. The lowest BCUT2D eigenvalue weighted by Crippen LogP contribution is -2.46. The Morgan fingerprint density at radius 2 is 1.55 bits per heavy atom. The van der Waals surface area contributed by atoms with Gasteiger partial charge < -0.3 is 29.7 Å². The maximum Gasteiger partial charge on any atom is 0.232 e. The van der Waals surface area contributed by atoms with Gasteiger partial charge in [0.1, 0.15) is 12.1 Å². The standard InChI is InChI=1S/C26H34N6O5S/c1-18(2)38(33,34)23-9-7-6-8-21(23)30-25-28-17-27-24(31-25)29-20-11-10-19(16-22(20)35-3)32-14-12-26(36-4,37-5)13-15-32/h6-11,16-18H,12-15H2,1-5H3,(H2,27,28,29,30,31). The van der Waals surface area contributed by atoms with Gasteiger partial charge in [0.15, 0.2) is 15.6 Å². The highest BCUT2D eigenvalue weighted by Gasteiger charge is 2.34. The second kappa shape index (κ2) is 11.5. The lowest BCUT2D eigenvalue weighted by Gasteiger charge is -2.40. The molecule has 0 bridgehead atoms. The summed E-state index contributed by atoms with van der Waals surface area (Å²) in [4.78, 5) is 15.2. The van der Waals surface area contributed by atoms with Gasteiger partial charge in [0.05, 0.1) is 28.6 Å². The zero-order valence-corrected chi connectivity index (χ0v) is 23.1. The molecule has 0 radical (unpaired) electrons. The molecule has 1 fully saturated rings. The van der Waals surface area contributed by atoms with E-state index in [1.54, 1.807) is 59.4 Å². The van der Waals surface area contributed by atoms with Crippen molar-refractivity contribution in [1.29, 1.82) is 0 Å². The summed E-state index contributed by atoms with van der Waals surface area (Å²) in [6, 6.07) is 12.6. The fourth-order valence-electron chi connectivity index (χ4n) is 4.31. The van der Waals surface area contributed by atoms with Crippen molar-refractivity contribution in [2.24, 2.45) is 0 Å². The first-order valence-electron chi connectivity index (χ1n) is 12.3. The number of hydrogen-bond acceptors (Lipinski definition) is 11. The highest BCUT2D eigenvalue weighted by atomic mass is 32.2. The molecule has 38 heavy (non-hydrogen) atoms. The van der Waals surface area contributed by atoms with Crippen LogP contribution in [0.25, 0.3) is 0 Å². The minimum absolute atomic E-state index is 0.188. The van der Waals surface area contributed by atoms with E-state index in [4.69, 9.17) is 14.2 Å². The normalized spacial score (nSPS) is 15.4. The Labute approximate surface area is 223 Å². The van der Waals surface area contributed by atoms with Gasteiger partial charge in [-0.25, -0.2) is 18.4 Å². The van der Waals surface area contributed by atoms with E-state index in [1.807, 2.05) is 18.2 Å². The fraction of sp³-hybridized carbons (Fsp3) is 0.423. The number of methoxy groups -OCH3 is 3. The number of nitrogens with one attached hydrogen (secondary N) is 2. The highest BCUT2D eigenvalue weighted by Crippen LogP contribution is 2.35. The van der Waals surface area contributed by atoms with Crippen LogP contribution in [-0.4, -0.2) is 68.8 Å². The van der Waals surface area contributed by atoms with E-state index in [0.29, 0.717) is 17.1 Å². The minimum atomic E-state index is -3.50. The molecular weight excluding hydrogens is 508 g/mol. The van der Waals surface area contributed by atoms with E-state index < -0.39 is 20.9 Å². The maximum atomic E-state index is 12.8. The maximum absolute atomic E-state index is 12.8. The van der Waals surface area contributed by atoms with Crippen LogP contribution in [0.3, 0.4) is 0 Å². The van der Waals surface area contributed by atoms with Crippen LogP contribution in [0.1, 0.15) is 26.7 Å². The summed E-state index contributed by atoms with van der Waals surface area (Å²) in [5.41, 5.74) is 2.10.